The minimum absolute atomic E-state index is 0.144. The summed E-state index contributed by atoms with van der Waals surface area (Å²) in [7, 11) is 0. The lowest BCUT2D eigenvalue weighted by Crippen LogP contribution is -2.27. The molecule has 1 N–H and O–H groups in total. The van der Waals surface area contributed by atoms with E-state index < -0.39 is 0 Å². The summed E-state index contributed by atoms with van der Waals surface area (Å²) < 4.78 is 1.33. The monoisotopic (exact) mass is 452 g/mol. The molecule has 0 radical (unpaired) electrons. The van der Waals surface area contributed by atoms with Gasteiger partial charge in [0.25, 0.3) is 5.56 Å². The van der Waals surface area contributed by atoms with Gasteiger partial charge in [-0.15, -0.1) is 34.0 Å². The largest absolute Gasteiger partial charge is 0.315 e. The fourth-order valence-electron chi connectivity index (χ4n) is 3.79. The van der Waals surface area contributed by atoms with E-state index >= 15 is 0 Å². The first-order chi connectivity index (χ1) is 14.7. The van der Waals surface area contributed by atoms with E-state index in [1.807, 2.05) is 22.9 Å². The number of nitriles is 1. The van der Waals surface area contributed by atoms with Crippen molar-refractivity contribution in [3.63, 3.8) is 0 Å². The van der Waals surface area contributed by atoms with Crippen LogP contribution in [0.15, 0.2) is 34.0 Å². The molecule has 1 aliphatic rings. The van der Waals surface area contributed by atoms with Crippen LogP contribution in [0.2, 0.25) is 0 Å². The molecule has 0 aromatic carbocycles. The van der Waals surface area contributed by atoms with Gasteiger partial charge < -0.3 is 5.32 Å². The average Bonchev–Trinajstić information content (AvgIpc) is 3.47. The Morgan fingerprint density at radius 3 is 2.97 bits per heavy atom. The van der Waals surface area contributed by atoms with Gasteiger partial charge in [-0.3, -0.25) is 14.2 Å². The number of carbonyl (C=O) groups excluding carboxylic acids is 1. The summed E-state index contributed by atoms with van der Waals surface area (Å²) in [6.07, 6.45) is 5.44. The van der Waals surface area contributed by atoms with Gasteiger partial charge in [0, 0.05) is 20.7 Å². The maximum absolute atomic E-state index is 13.1. The molecule has 150 valence electrons. The zero-order valence-electron chi connectivity index (χ0n) is 15.8. The van der Waals surface area contributed by atoms with Gasteiger partial charge in [-0.2, -0.15) is 5.26 Å². The van der Waals surface area contributed by atoms with E-state index in [2.05, 4.69) is 16.4 Å². The lowest BCUT2D eigenvalue weighted by Gasteiger charge is -2.09. The highest BCUT2D eigenvalue weighted by Gasteiger charge is 2.22. The Bertz CT molecular complexity index is 1360. The summed E-state index contributed by atoms with van der Waals surface area (Å²) in [5.41, 5.74) is 2.27. The van der Waals surface area contributed by atoms with E-state index in [0.29, 0.717) is 20.8 Å². The Morgan fingerprint density at radius 1 is 1.30 bits per heavy atom. The summed E-state index contributed by atoms with van der Waals surface area (Å²) in [6.45, 7) is -0.144. The van der Waals surface area contributed by atoms with E-state index in [-0.39, 0.29) is 18.0 Å². The van der Waals surface area contributed by atoms with Crippen LogP contribution in [-0.2, 0) is 24.2 Å². The normalized spacial score (nSPS) is 13.2. The number of fused-ring (bicyclic) bond motifs is 2. The van der Waals surface area contributed by atoms with Crippen molar-refractivity contribution in [1.29, 1.82) is 5.26 Å². The Kier molecular flexibility index (Phi) is 4.98. The second kappa shape index (κ2) is 7.80. The highest BCUT2D eigenvalue weighted by Crippen LogP contribution is 2.37. The van der Waals surface area contributed by atoms with Crippen LogP contribution in [0.1, 0.15) is 28.8 Å². The van der Waals surface area contributed by atoms with Crippen molar-refractivity contribution in [3.05, 3.63) is 55.6 Å². The maximum atomic E-state index is 13.1. The molecule has 4 heterocycles. The van der Waals surface area contributed by atoms with Crippen molar-refractivity contribution in [2.75, 3.05) is 5.32 Å². The molecule has 0 saturated heterocycles. The summed E-state index contributed by atoms with van der Waals surface area (Å²) in [5, 5.41) is 17.5. The number of thiophene rings is 3. The number of nitrogens with zero attached hydrogens (tertiary/aromatic N) is 3. The zero-order valence-corrected chi connectivity index (χ0v) is 18.3. The van der Waals surface area contributed by atoms with Gasteiger partial charge in [-0.1, -0.05) is 6.07 Å². The molecule has 0 unspecified atom stereocenters. The molecule has 4 aromatic heterocycles. The predicted molar refractivity (Wildman–Crippen MR) is 121 cm³/mol. The molecule has 1 aliphatic carbocycles. The molecule has 0 fully saturated rings. The third kappa shape index (κ3) is 3.27. The molecule has 0 aliphatic heterocycles. The topological polar surface area (TPSA) is 87.8 Å². The summed E-state index contributed by atoms with van der Waals surface area (Å²) in [4.78, 5) is 33.0. The van der Waals surface area contributed by atoms with Crippen LogP contribution in [0.4, 0.5) is 5.00 Å². The number of anilines is 1. The van der Waals surface area contributed by atoms with Crippen LogP contribution in [0.25, 0.3) is 20.7 Å². The average molecular weight is 453 g/mol. The quantitative estimate of drug-likeness (QED) is 0.489. The zero-order chi connectivity index (χ0) is 20.7. The molecule has 0 bridgehead atoms. The van der Waals surface area contributed by atoms with Gasteiger partial charge >= 0.3 is 0 Å². The SMILES string of the molecule is N#Cc1c(NC(=O)Cn2cnc3scc(-c4cccs4)c3c2=O)sc2c1CCCC2. The number of amides is 1. The Morgan fingerprint density at radius 2 is 2.17 bits per heavy atom. The summed E-state index contributed by atoms with van der Waals surface area (Å²) in [6, 6.07) is 6.16. The Balaban J connectivity index is 1.44. The fraction of sp³-hybridized carbons (Fsp3) is 0.238. The standard InChI is InChI=1S/C21H16N4O2S3/c22-8-13-12-4-1-2-5-16(12)30-19(13)24-17(26)9-25-11-23-20-18(21(25)27)14(10-29-20)15-6-3-7-28-15/h3,6-7,10-11H,1-2,4-5,9H2,(H,24,26). The number of carbonyl (C=O) groups is 1. The molecule has 0 saturated carbocycles. The van der Waals surface area contributed by atoms with Crippen molar-refractivity contribution < 1.29 is 4.79 Å². The Hall–Kier alpha value is -2.80. The highest BCUT2D eigenvalue weighted by molar-refractivity contribution is 7.18. The van der Waals surface area contributed by atoms with Gasteiger partial charge in [0.1, 0.15) is 22.4 Å². The first-order valence-electron chi connectivity index (χ1n) is 9.50. The van der Waals surface area contributed by atoms with Crippen molar-refractivity contribution in [2.45, 2.75) is 32.2 Å². The van der Waals surface area contributed by atoms with Crippen molar-refractivity contribution in [3.8, 4) is 16.5 Å². The lowest BCUT2D eigenvalue weighted by atomic mass is 9.96. The van der Waals surface area contributed by atoms with Gasteiger partial charge in [0.05, 0.1) is 17.3 Å². The fourth-order valence-corrected chi connectivity index (χ4v) is 6.76. The molecular weight excluding hydrogens is 436 g/mol. The van der Waals surface area contributed by atoms with Gasteiger partial charge in [-0.05, 0) is 42.7 Å². The lowest BCUT2D eigenvalue weighted by molar-refractivity contribution is -0.116. The third-order valence-electron chi connectivity index (χ3n) is 5.20. The molecule has 1 amide bonds. The van der Waals surface area contributed by atoms with Crippen LogP contribution in [-0.4, -0.2) is 15.5 Å². The number of nitrogens with one attached hydrogen (secondary N) is 1. The van der Waals surface area contributed by atoms with Crippen molar-refractivity contribution >= 4 is 55.1 Å². The predicted octanol–water partition coefficient (Wildman–Crippen LogP) is 4.64. The Labute approximate surface area is 184 Å². The molecular formula is C21H16N4O2S3. The molecule has 30 heavy (non-hydrogen) atoms. The van der Waals surface area contributed by atoms with Crippen molar-refractivity contribution in [2.24, 2.45) is 0 Å². The maximum Gasteiger partial charge on any atom is 0.263 e. The molecule has 0 atom stereocenters. The first kappa shape index (κ1) is 19.2. The van der Waals surface area contributed by atoms with Crippen LogP contribution in [0.5, 0.6) is 0 Å². The van der Waals surface area contributed by atoms with E-state index in [1.165, 1.54) is 38.4 Å². The number of hydrogen-bond donors (Lipinski definition) is 1. The molecule has 0 spiro atoms. The second-order valence-electron chi connectivity index (χ2n) is 7.06. The number of aromatic nitrogens is 2. The minimum Gasteiger partial charge on any atom is -0.315 e. The first-order valence-corrected chi connectivity index (χ1v) is 12.1. The number of aryl methyl sites for hydroxylation is 1. The summed E-state index contributed by atoms with van der Waals surface area (Å²) >= 11 is 4.47. The van der Waals surface area contributed by atoms with Gasteiger partial charge in [-0.25, -0.2) is 4.98 Å². The van der Waals surface area contributed by atoms with Crippen LogP contribution < -0.4 is 10.9 Å². The molecule has 4 aromatic rings. The second-order valence-corrected chi connectivity index (χ2v) is 9.97. The molecule has 9 heteroatoms. The van der Waals surface area contributed by atoms with E-state index in [0.717, 1.165) is 41.7 Å². The van der Waals surface area contributed by atoms with Crippen LogP contribution in [0, 0.1) is 11.3 Å². The molecule has 6 nitrogen and oxygen atoms in total. The highest BCUT2D eigenvalue weighted by atomic mass is 32.1. The number of hydrogen-bond acceptors (Lipinski definition) is 7. The van der Waals surface area contributed by atoms with Gasteiger partial charge in [0.15, 0.2) is 0 Å². The molecule has 5 rings (SSSR count). The van der Waals surface area contributed by atoms with Crippen LogP contribution >= 0.6 is 34.0 Å². The van der Waals surface area contributed by atoms with E-state index in [1.54, 1.807) is 11.3 Å². The minimum atomic E-state index is -0.332. The smallest absolute Gasteiger partial charge is 0.263 e. The summed E-state index contributed by atoms with van der Waals surface area (Å²) in [5.74, 6) is -0.332. The van der Waals surface area contributed by atoms with E-state index in [4.69, 9.17) is 0 Å². The number of rotatable bonds is 4. The van der Waals surface area contributed by atoms with Crippen molar-refractivity contribution in [1.82, 2.24) is 9.55 Å². The van der Waals surface area contributed by atoms with Gasteiger partial charge in [0.2, 0.25) is 5.91 Å². The third-order valence-corrected chi connectivity index (χ3v) is 8.19. The van der Waals surface area contributed by atoms with Crippen LogP contribution in [0.3, 0.4) is 0 Å². The van der Waals surface area contributed by atoms with E-state index in [9.17, 15) is 14.9 Å².